The van der Waals surface area contributed by atoms with Gasteiger partial charge in [-0.1, -0.05) is 11.6 Å². The Hall–Kier alpha value is -4.13. The molecule has 0 spiro atoms. The second kappa shape index (κ2) is 9.85. The topological polar surface area (TPSA) is 83.0 Å². The molecule has 2 saturated heterocycles. The highest BCUT2D eigenvalue weighted by Gasteiger charge is 2.47. The fourth-order valence-corrected chi connectivity index (χ4v) is 5.09. The molecule has 2 aliphatic rings. The Morgan fingerprint density at radius 1 is 0.944 bits per heavy atom. The van der Waals surface area contributed by atoms with Crippen molar-refractivity contribution in [3.8, 4) is 5.75 Å². The summed E-state index contributed by atoms with van der Waals surface area (Å²) >= 11 is 0. The van der Waals surface area contributed by atoms with Crippen molar-refractivity contribution in [2.45, 2.75) is 32.2 Å². The van der Waals surface area contributed by atoms with Gasteiger partial charge < -0.3 is 14.7 Å². The summed E-state index contributed by atoms with van der Waals surface area (Å²) < 4.78 is 5.45. The van der Waals surface area contributed by atoms with Gasteiger partial charge in [-0.15, -0.1) is 0 Å². The largest absolute Gasteiger partial charge is 0.507 e. The first kappa shape index (κ1) is 23.6. The summed E-state index contributed by atoms with van der Waals surface area (Å²) in [5, 5.41) is 11.4. The van der Waals surface area contributed by atoms with Gasteiger partial charge in [0.05, 0.1) is 24.3 Å². The van der Waals surface area contributed by atoms with Gasteiger partial charge in [0, 0.05) is 36.9 Å². The van der Waals surface area contributed by atoms with Gasteiger partial charge in [0.15, 0.2) is 0 Å². The van der Waals surface area contributed by atoms with Crippen LogP contribution in [0.4, 0.5) is 11.4 Å². The average molecular weight is 484 g/mol. The van der Waals surface area contributed by atoms with E-state index in [0.717, 1.165) is 24.3 Å². The van der Waals surface area contributed by atoms with E-state index < -0.39 is 17.7 Å². The minimum atomic E-state index is -0.806. The molecule has 2 aromatic carbocycles. The van der Waals surface area contributed by atoms with Crippen LogP contribution in [0.15, 0.2) is 72.6 Å². The van der Waals surface area contributed by atoms with Crippen LogP contribution < -0.4 is 14.5 Å². The zero-order chi connectivity index (χ0) is 25.2. The Labute approximate surface area is 210 Å². The first-order valence-corrected chi connectivity index (χ1v) is 12.2. The Morgan fingerprint density at radius 2 is 1.61 bits per heavy atom. The molecular formula is C29H29N3O4. The number of ether oxygens (including phenoxy) is 1. The number of anilines is 2. The summed E-state index contributed by atoms with van der Waals surface area (Å²) in [6, 6.07) is 15.8. The average Bonchev–Trinajstić information content (AvgIpc) is 3.19. The van der Waals surface area contributed by atoms with E-state index in [-0.39, 0.29) is 11.3 Å². The number of amides is 1. The highest BCUT2D eigenvalue weighted by Crippen LogP contribution is 2.43. The van der Waals surface area contributed by atoms with E-state index in [1.165, 1.54) is 31.3 Å². The number of carbonyl (C=O) groups is 2. The van der Waals surface area contributed by atoms with Crippen LogP contribution in [0.5, 0.6) is 5.75 Å². The SMILES string of the molecule is COc1ccc(C)cc1/C(O)=C1\C(=O)C(=O)N(c2ccc(N3CCCCC3)cc2)C1c1ccncc1. The molecule has 7 nitrogen and oxygen atoms in total. The molecule has 36 heavy (non-hydrogen) atoms. The van der Waals surface area contributed by atoms with Gasteiger partial charge in [-0.05, 0) is 80.3 Å². The Morgan fingerprint density at radius 3 is 2.28 bits per heavy atom. The molecule has 0 saturated carbocycles. The molecule has 184 valence electrons. The minimum absolute atomic E-state index is 0.0233. The van der Waals surface area contributed by atoms with Crippen LogP contribution in [0.25, 0.3) is 5.76 Å². The van der Waals surface area contributed by atoms with Gasteiger partial charge in [0.2, 0.25) is 0 Å². The van der Waals surface area contributed by atoms with Crippen molar-refractivity contribution in [2.75, 3.05) is 30.0 Å². The van der Waals surface area contributed by atoms with E-state index in [0.29, 0.717) is 22.6 Å². The number of Topliss-reactive ketones (excluding diaryl/α,β-unsaturated/α-hetero) is 1. The number of aliphatic hydroxyl groups excluding tert-OH is 1. The van der Waals surface area contributed by atoms with E-state index in [1.807, 2.05) is 37.3 Å². The molecule has 3 aromatic rings. The number of ketones is 1. The molecule has 0 aliphatic carbocycles. The molecule has 7 heteroatoms. The number of aliphatic hydroxyl groups is 1. The van der Waals surface area contributed by atoms with Crippen molar-refractivity contribution < 1.29 is 19.4 Å². The van der Waals surface area contributed by atoms with E-state index in [2.05, 4.69) is 9.88 Å². The first-order valence-electron chi connectivity index (χ1n) is 12.2. The second-order valence-electron chi connectivity index (χ2n) is 9.22. The molecule has 0 bridgehead atoms. The van der Waals surface area contributed by atoms with Crippen molar-refractivity contribution >= 4 is 28.8 Å². The van der Waals surface area contributed by atoms with Crippen molar-refractivity contribution in [3.05, 3.63) is 89.3 Å². The molecule has 2 fully saturated rings. The lowest BCUT2D eigenvalue weighted by atomic mass is 9.95. The summed E-state index contributed by atoms with van der Waals surface area (Å²) in [6.45, 7) is 3.91. The number of hydrogen-bond donors (Lipinski definition) is 1. The highest BCUT2D eigenvalue weighted by atomic mass is 16.5. The molecule has 0 radical (unpaired) electrons. The number of carbonyl (C=O) groups excluding carboxylic acids is 2. The lowest BCUT2D eigenvalue weighted by Gasteiger charge is -2.30. The third-order valence-electron chi connectivity index (χ3n) is 6.93. The van der Waals surface area contributed by atoms with Crippen LogP contribution >= 0.6 is 0 Å². The number of aryl methyl sites for hydroxylation is 1. The normalized spacial score (nSPS) is 19.6. The van der Waals surface area contributed by atoms with Gasteiger partial charge in [0.25, 0.3) is 11.7 Å². The molecular weight excluding hydrogens is 454 g/mol. The van der Waals surface area contributed by atoms with Crippen LogP contribution in [0.3, 0.4) is 0 Å². The third-order valence-corrected chi connectivity index (χ3v) is 6.93. The van der Waals surface area contributed by atoms with E-state index in [4.69, 9.17) is 4.74 Å². The number of methoxy groups -OCH3 is 1. The molecule has 1 aromatic heterocycles. The molecule has 1 N–H and O–H groups in total. The van der Waals surface area contributed by atoms with Gasteiger partial charge >= 0.3 is 0 Å². The number of nitrogens with zero attached hydrogens (tertiary/aromatic N) is 3. The van der Waals surface area contributed by atoms with Crippen LogP contribution in [0, 0.1) is 6.92 Å². The summed E-state index contributed by atoms with van der Waals surface area (Å²) in [5.41, 5.74) is 3.65. The van der Waals surface area contributed by atoms with Crippen LogP contribution in [0.1, 0.15) is 42.0 Å². The zero-order valence-corrected chi connectivity index (χ0v) is 20.5. The first-order chi connectivity index (χ1) is 17.5. The maximum atomic E-state index is 13.4. The Bertz CT molecular complexity index is 1310. The standard InChI is InChI=1S/C29H29N3O4/c1-19-6-11-24(36-2)23(18-19)27(33)25-26(20-12-14-30-15-13-20)32(29(35)28(25)34)22-9-7-21(8-10-22)31-16-4-3-5-17-31/h6-15,18,26,33H,3-5,16-17H2,1-2H3/b27-25+. The molecule has 2 aliphatic heterocycles. The van der Waals surface area contributed by atoms with E-state index in [1.54, 1.807) is 36.7 Å². The summed E-state index contributed by atoms with van der Waals surface area (Å²) in [7, 11) is 1.50. The van der Waals surface area contributed by atoms with Gasteiger partial charge in [-0.2, -0.15) is 0 Å². The quantitative estimate of drug-likeness (QED) is 0.312. The van der Waals surface area contributed by atoms with Crippen LogP contribution in [-0.4, -0.2) is 42.0 Å². The van der Waals surface area contributed by atoms with Gasteiger partial charge in [-0.3, -0.25) is 19.5 Å². The second-order valence-corrected chi connectivity index (χ2v) is 9.22. The zero-order valence-electron chi connectivity index (χ0n) is 20.5. The molecule has 1 unspecified atom stereocenters. The van der Waals surface area contributed by atoms with Gasteiger partial charge in [0.1, 0.15) is 11.5 Å². The monoisotopic (exact) mass is 483 g/mol. The summed E-state index contributed by atoms with van der Waals surface area (Å²) in [6.07, 6.45) is 6.81. The fraction of sp³-hybridized carbons (Fsp3) is 0.276. The van der Waals surface area contributed by atoms with E-state index >= 15 is 0 Å². The Kier molecular flexibility index (Phi) is 6.46. The maximum Gasteiger partial charge on any atom is 0.300 e. The van der Waals surface area contributed by atoms with Crippen LogP contribution in [-0.2, 0) is 9.59 Å². The summed E-state index contributed by atoms with van der Waals surface area (Å²) in [4.78, 5) is 34.7. The number of piperidine rings is 1. The molecule has 3 heterocycles. The number of benzene rings is 2. The summed E-state index contributed by atoms with van der Waals surface area (Å²) in [5.74, 6) is -1.26. The number of rotatable bonds is 5. The predicted molar refractivity (Wildman–Crippen MR) is 139 cm³/mol. The number of pyridine rings is 1. The maximum absolute atomic E-state index is 13.4. The van der Waals surface area contributed by atoms with Crippen molar-refractivity contribution in [1.82, 2.24) is 4.98 Å². The number of aromatic nitrogens is 1. The van der Waals surface area contributed by atoms with E-state index in [9.17, 15) is 14.7 Å². The molecule has 1 amide bonds. The van der Waals surface area contributed by atoms with Crippen molar-refractivity contribution in [3.63, 3.8) is 0 Å². The molecule has 5 rings (SSSR count). The smallest absolute Gasteiger partial charge is 0.300 e. The van der Waals surface area contributed by atoms with Gasteiger partial charge in [-0.25, -0.2) is 0 Å². The number of hydrogen-bond acceptors (Lipinski definition) is 6. The fourth-order valence-electron chi connectivity index (χ4n) is 5.09. The predicted octanol–water partition coefficient (Wildman–Crippen LogP) is 5.02. The van der Waals surface area contributed by atoms with Crippen molar-refractivity contribution in [1.29, 1.82) is 0 Å². The minimum Gasteiger partial charge on any atom is -0.507 e. The van der Waals surface area contributed by atoms with Crippen LogP contribution in [0.2, 0.25) is 0 Å². The molecule has 1 atom stereocenters. The Balaban J connectivity index is 1.62. The highest BCUT2D eigenvalue weighted by molar-refractivity contribution is 6.51. The lowest BCUT2D eigenvalue weighted by molar-refractivity contribution is -0.132. The lowest BCUT2D eigenvalue weighted by Crippen LogP contribution is -2.30. The third kappa shape index (κ3) is 4.21. The van der Waals surface area contributed by atoms with Crippen molar-refractivity contribution in [2.24, 2.45) is 0 Å².